The van der Waals surface area contributed by atoms with E-state index < -0.39 is 0 Å². The van der Waals surface area contributed by atoms with E-state index in [1.54, 1.807) is 0 Å². The zero-order valence-corrected chi connectivity index (χ0v) is 7.76. The summed E-state index contributed by atoms with van der Waals surface area (Å²) in [5.74, 6) is 3.14. The first-order valence-electron chi connectivity index (χ1n) is 4.21. The molecule has 0 aromatic carbocycles. The summed E-state index contributed by atoms with van der Waals surface area (Å²) >= 11 is 1.96. The Morgan fingerprint density at radius 3 is 3.08 bits per heavy atom. The second-order valence-corrected chi connectivity index (χ2v) is 4.07. The molecule has 0 atom stereocenters. The van der Waals surface area contributed by atoms with Crippen LogP contribution in [0.2, 0.25) is 0 Å². The van der Waals surface area contributed by atoms with E-state index in [0.717, 1.165) is 11.8 Å². The van der Waals surface area contributed by atoms with Crippen LogP contribution in [0, 0.1) is 5.92 Å². The molecule has 1 aliphatic heterocycles. The summed E-state index contributed by atoms with van der Waals surface area (Å²) in [5, 5.41) is 7.41. The van der Waals surface area contributed by atoms with Crippen LogP contribution in [0.3, 0.4) is 0 Å². The van der Waals surface area contributed by atoms with Crippen LogP contribution in [0.25, 0.3) is 0 Å². The molecule has 2 heterocycles. The van der Waals surface area contributed by atoms with Crippen molar-refractivity contribution in [2.45, 2.75) is 5.88 Å². The fourth-order valence-electron chi connectivity index (χ4n) is 1.16. The quantitative estimate of drug-likeness (QED) is 0.748. The van der Waals surface area contributed by atoms with Gasteiger partial charge in [0.25, 0.3) is 0 Å². The van der Waals surface area contributed by atoms with Crippen molar-refractivity contribution in [2.24, 2.45) is 5.92 Å². The lowest BCUT2D eigenvalue weighted by molar-refractivity contribution is 0.385. The fourth-order valence-corrected chi connectivity index (χ4v) is 2.17. The van der Waals surface area contributed by atoms with Crippen LogP contribution in [0.5, 0.6) is 0 Å². The van der Waals surface area contributed by atoms with Crippen LogP contribution < -0.4 is 5.32 Å². The number of nitrogens with zero attached hydrogens (tertiary/aromatic N) is 2. The van der Waals surface area contributed by atoms with Gasteiger partial charge in [-0.1, -0.05) is 0 Å². The summed E-state index contributed by atoms with van der Waals surface area (Å²) in [7, 11) is 0. The first-order valence-corrected chi connectivity index (χ1v) is 5.36. The van der Waals surface area contributed by atoms with Gasteiger partial charge in [0.1, 0.15) is 0 Å². The van der Waals surface area contributed by atoms with Crippen LogP contribution in [0.4, 0.5) is 0 Å². The van der Waals surface area contributed by atoms with Gasteiger partial charge in [0.05, 0.1) is 5.88 Å². The number of hydrogen-bond acceptors (Lipinski definition) is 3. The van der Waals surface area contributed by atoms with E-state index in [-0.39, 0.29) is 0 Å². The summed E-state index contributed by atoms with van der Waals surface area (Å²) in [4.78, 5) is 0. The van der Waals surface area contributed by atoms with Crippen LogP contribution in [0.15, 0.2) is 18.5 Å². The fraction of sp³-hybridized carbons (Fsp3) is 0.625. The molecular formula is C8H13N3S. The molecule has 0 amide bonds. The van der Waals surface area contributed by atoms with E-state index in [0.29, 0.717) is 0 Å². The number of thioether (sulfide) groups is 1. The number of nitrogens with one attached hydrogen (secondary N) is 1. The van der Waals surface area contributed by atoms with Crippen molar-refractivity contribution in [3.63, 3.8) is 0 Å². The molecule has 66 valence electrons. The zero-order chi connectivity index (χ0) is 8.23. The van der Waals surface area contributed by atoms with E-state index in [4.69, 9.17) is 0 Å². The molecule has 1 aliphatic rings. The van der Waals surface area contributed by atoms with Gasteiger partial charge in [-0.15, -0.1) is 11.8 Å². The van der Waals surface area contributed by atoms with Crippen LogP contribution in [-0.4, -0.2) is 28.6 Å². The average Bonchev–Trinajstić information content (AvgIpc) is 2.46. The van der Waals surface area contributed by atoms with Crippen molar-refractivity contribution in [1.82, 2.24) is 15.1 Å². The van der Waals surface area contributed by atoms with Gasteiger partial charge in [-0.2, -0.15) is 5.10 Å². The van der Waals surface area contributed by atoms with E-state index in [1.807, 2.05) is 34.9 Å². The normalized spacial score (nSPS) is 17.7. The Kier molecular flexibility index (Phi) is 2.68. The molecule has 3 nitrogen and oxygen atoms in total. The molecule has 0 spiro atoms. The molecule has 1 fully saturated rings. The van der Waals surface area contributed by atoms with E-state index in [9.17, 15) is 0 Å². The predicted molar refractivity (Wildman–Crippen MR) is 51.0 cm³/mol. The monoisotopic (exact) mass is 183 g/mol. The zero-order valence-electron chi connectivity index (χ0n) is 6.94. The lowest BCUT2D eigenvalue weighted by Gasteiger charge is -2.26. The van der Waals surface area contributed by atoms with Crippen molar-refractivity contribution < 1.29 is 0 Å². The number of hydrogen-bond donors (Lipinski definition) is 1. The molecular weight excluding hydrogens is 170 g/mol. The molecule has 0 radical (unpaired) electrons. The maximum atomic E-state index is 4.14. The average molecular weight is 183 g/mol. The highest BCUT2D eigenvalue weighted by atomic mass is 32.2. The second-order valence-electron chi connectivity index (χ2n) is 3.07. The predicted octanol–water partition coefficient (Wildman–Crippen LogP) is 0.793. The van der Waals surface area contributed by atoms with E-state index >= 15 is 0 Å². The van der Waals surface area contributed by atoms with Crippen molar-refractivity contribution in [3.05, 3.63) is 18.5 Å². The first-order chi connectivity index (χ1) is 5.95. The SMILES string of the molecule is c1cnn(CSCC2CNC2)c1. The minimum absolute atomic E-state index is 0.894. The molecule has 0 saturated carbocycles. The summed E-state index contributed by atoms with van der Waals surface area (Å²) in [5.41, 5.74) is 0. The van der Waals surface area contributed by atoms with Crippen molar-refractivity contribution in [3.8, 4) is 0 Å². The van der Waals surface area contributed by atoms with Gasteiger partial charge in [-0.3, -0.25) is 4.68 Å². The van der Waals surface area contributed by atoms with Crippen LogP contribution >= 0.6 is 11.8 Å². The lowest BCUT2D eigenvalue weighted by Crippen LogP contribution is -2.43. The Labute approximate surface area is 76.5 Å². The minimum Gasteiger partial charge on any atom is -0.316 e. The van der Waals surface area contributed by atoms with Gasteiger partial charge in [-0.05, 0) is 25.1 Å². The molecule has 1 aromatic rings. The molecule has 12 heavy (non-hydrogen) atoms. The van der Waals surface area contributed by atoms with Gasteiger partial charge in [0.2, 0.25) is 0 Å². The third-order valence-electron chi connectivity index (χ3n) is 2.00. The van der Waals surface area contributed by atoms with Crippen LogP contribution in [0.1, 0.15) is 0 Å². The summed E-state index contributed by atoms with van der Waals surface area (Å²) in [6.45, 7) is 2.40. The molecule has 0 unspecified atom stereocenters. The Morgan fingerprint density at radius 2 is 2.50 bits per heavy atom. The maximum Gasteiger partial charge on any atom is 0.0863 e. The van der Waals surface area contributed by atoms with Crippen molar-refractivity contribution in [2.75, 3.05) is 18.8 Å². The summed E-state index contributed by atoms with van der Waals surface area (Å²) in [6, 6.07) is 1.96. The van der Waals surface area contributed by atoms with Crippen molar-refractivity contribution >= 4 is 11.8 Å². The molecule has 1 saturated heterocycles. The van der Waals surface area contributed by atoms with Crippen molar-refractivity contribution in [1.29, 1.82) is 0 Å². The van der Waals surface area contributed by atoms with Crippen LogP contribution in [-0.2, 0) is 5.88 Å². The maximum absolute atomic E-state index is 4.14. The van der Waals surface area contributed by atoms with E-state index in [2.05, 4.69) is 10.4 Å². The van der Waals surface area contributed by atoms with E-state index in [1.165, 1.54) is 18.8 Å². The first kappa shape index (κ1) is 8.13. The van der Waals surface area contributed by atoms with Gasteiger partial charge in [-0.25, -0.2) is 0 Å². The Morgan fingerprint density at radius 1 is 1.58 bits per heavy atom. The third kappa shape index (κ3) is 2.01. The summed E-state index contributed by atoms with van der Waals surface area (Å²) in [6.07, 6.45) is 3.83. The van der Waals surface area contributed by atoms with Gasteiger partial charge in [0.15, 0.2) is 0 Å². The van der Waals surface area contributed by atoms with Gasteiger partial charge in [0, 0.05) is 18.1 Å². The number of aromatic nitrogens is 2. The molecule has 0 bridgehead atoms. The summed E-state index contributed by atoms with van der Waals surface area (Å²) < 4.78 is 1.97. The van der Waals surface area contributed by atoms with Gasteiger partial charge >= 0.3 is 0 Å². The largest absolute Gasteiger partial charge is 0.316 e. The third-order valence-corrected chi connectivity index (χ3v) is 3.16. The Bertz CT molecular complexity index is 218. The standard InChI is InChI=1S/C8H13N3S/c1-2-10-11(3-1)7-12-6-8-4-9-5-8/h1-3,8-9H,4-7H2. The highest BCUT2D eigenvalue weighted by molar-refractivity contribution is 7.98. The molecule has 4 heteroatoms. The smallest absolute Gasteiger partial charge is 0.0863 e. The number of rotatable bonds is 4. The highest BCUT2D eigenvalue weighted by Crippen LogP contribution is 2.13. The lowest BCUT2D eigenvalue weighted by atomic mass is 10.1. The molecule has 2 rings (SSSR count). The minimum atomic E-state index is 0.894. The van der Waals surface area contributed by atoms with Gasteiger partial charge < -0.3 is 5.32 Å². The highest BCUT2D eigenvalue weighted by Gasteiger charge is 2.15. The topological polar surface area (TPSA) is 29.9 Å². The second kappa shape index (κ2) is 3.96. The molecule has 1 N–H and O–H groups in total. The molecule has 0 aliphatic carbocycles. The Hall–Kier alpha value is -0.480. The Balaban J connectivity index is 1.62. The molecule has 1 aromatic heterocycles.